The molecule has 0 aliphatic heterocycles. The molecule has 6 heteroatoms. The van der Waals surface area contributed by atoms with E-state index in [1.165, 1.54) is 6.20 Å². The third kappa shape index (κ3) is 3.63. The van der Waals surface area contributed by atoms with E-state index in [9.17, 15) is 9.59 Å². The van der Waals surface area contributed by atoms with Crippen LogP contribution in [0.1, 0.15) is 17.3 Å². The molecule has 0 atom stereocenters. The highest BCUT2D eigenvalue weighted by Crippen LogP contribution is 1.93. The summed E-state index contributed by atoms with van der Waals surface area (Å²) in [7, 11) is 0. The second-order valence-electron chi connectivity index (χ2n) is 2.54. The molecule has 15 heavy (non-hydrogen) atoms. The highest BCUT2D eigenvalue weighted by atomic mass is 16.5. The highest BCUT2D eigenvalue weighted by Gasteiger charge is 2.06. The van der Waals surface area contributed by atoms with Gasteiger partial charge in [0, 0.05) is 12.4 Å². The molecule has 1 aromatic heterocycles. The van der Waals surface area contributed by atoms with Crippen LogP contribution in [-0.2, 0) is 4.74 Å². The Bertz CT molecular complexity index is 340. The molecule has 6 nitrogen and oxygen atoms in total. The van der Waals surface area contributed by atoms with Crippen molar-refractivity contribution in [3.8, 4) is 0 Å². The quantitative estimate of drug-likeness (QED) is 0.694. The van der Waals surface area contributed by atoms with E-state index in [4.69, 9.17) is 0 Å². The molecule has 0 saturated carbocycles. The number of amides is 2. The van der Waals surface area contributed by atoms with Crippen molar-refractivity contribution in [2.45, 2.75) is 6.92 Å². The van der Waals surface area contributed by atoms with Gasteiger partial charge in [0.1, 0.15) is 0 Å². The van der Waals surface area contributed by atoms with E-state index in [0.717, 1.165) is 0 Å². The number of nitrogens with zero attached hydrogens (tertiary/aromatic N) is 1. The monoisotopic (exact) mass is 209 g/mol. The Hall–Kier alpha value is -2.11. The van der Waals surface area contributed by atoms with Crippen LogP contribution in [-0.4, -0.2) is 23.6 Å². The Labute approximate surface area is 86.6 Å². The summed E-state index contributed by atoms with van der Waals surface area (Å²) >= 11 is 0. The molecule has 2 N–H and O–H groups in total. The normalized spacial score (nSPS) is 9.13. The third-order valence-corrected chi connectivity index (χ3v) is 1.48. The summed E-state index contributed by atoms with van der Waals surface area (Å²) in [5.41, 5.74) is 4.63. The van der Waals surface area contributed by atoms with Gasteiger partial charge < -0.3 is 4.74 Å². The van der Waals surface area contributed by atoms with E-state index < -0.39 is 12.0 Å². The first-order valence-corrected chi connectivity index (χ1v) is 4.37. The molecule has 0 fully saturated rings. The van der Waals surface area contributed by atoms with Gasteiger partial charge in [0.25, 0.3) is 5.91 Å². The molecule has 80 valence electrons. The number of aromatic nitrogens is 1. The highest BCUT2D eigenvalue weighted by molar-refractivity contribution is 5.94. The molecule has 0 spiro atoms. The molecule has 1 heterocycles. The van der Waals surface area contributed by atoms with Crippen molar-refractivity contribution in [2.24, 2.45) is 0 Å². The van der Waals surface area contributed by atoms with Crippen LogP contribution in [0.15, 0.2) is 24.5 Å². The zero-order chi connectivity index (χ0) is 11.1. The first kappa shape index (κ1) is 11.0. The lowest BCUT2D eigenvalue weighted by atomic mass is 10.3. The lowest BCUT2D eigenvalue weighted by molar-refractivity contribution is 0.0912. The largest absolute Gasteiger partial charge is 0.449 e. The lowest BCUT2D eigenvalue weighted by Crippen LogP contribution is -2.41. The van der Waals surface area contributed by atoms with Gasteiger partial charge in [-0.05, 0) is 19.1 Å². The molecule has 0 bridgehead atoms. The van der Waals surface area contributed by atoms with Gasteiger partial charge in [0.2, 0.25) is 0 Å². The van der Waals surface area contributed by atoms with Crippen LogP contribution in [0.25, 0.3) is 0 Å². The zero-order valence-electron chi connectivity index (χ0n) is 8.19. The predicted molar refractivity (Wildman–Crippen MR) is 51.9 cm³/mol. The fourth-order valence-corrected chi connectivity index (χ4v) is 0.844. The number of hydrogen-bond donors (Lipinski definition) is 2. The van der Waals surface area contributed by atoms with Gasteiger partial charge in [-0.15, -0.1) is 0 Å². The van der Waals surface area contributed by atoms with E-state index in [0.29, 0.717) is 5.56 Å². The maximum Gasteiger partial charge on any atom is 0.426 e. The summed E-state index contributed by atoms with van der Waals surface area (Å²) in [6, 6.07) is 3.20. The topological polar surface area (TPSA) is 80.3 Å². The average molecular weight is 209 g/mol. The van der Waals surface area contributed by atoms with Gasteiger partial charge in [0.15, 0.2) is 0 Å². The second-order valence-corrected chi connectivity index (χ2v) is 2.54. The van der Waals surface area contributed by atoms with Gasteiger partial charge in [-0.1, -0.05) is 0 Å². The SMILES string of the molecule is CCOC(=O)NNC(=O)c1cccnc1. The summed E-state index contributed by atoms with van der Waals surface area (Å²) in [6.45, 7) is 1.91. The van der Waals surface area contributed by atoms with Crippen LogP contribution >= 0.6 is 0 Å². The number of carbonyl (C=O) groups is 2. The van der Waals surface area contributed by atoms with Gasteiger partial charge in [0.05, 0.1) is 12.2 Å². The summed E-state index contributed by atoms with van der Waals surface area (Å²) < 4.78 is 4.55. The van der Waals surface area contributed by atoms with Crippen LogP contribution in [0.4, 0.5) is 4.79 Å². The number of carbonyl (C=O) groups excluding carboxylic acids is 2. The predicted octanol–water partition coefficient (Wildman–Crippen LogP) is 0.472. The Kier molecular flexibility index (Phi) is 4.08. The maximum absolute atomic E-state index is 11.3. The Balaban J connectivity index is 2.40. The Morgan fingerprint density at radius 1 is 1.47 bits per heavy atom. The van der Waals surface area contributed by atoms with Crippen molar-refractivity contribution < 1.29 is 14.3 Å². The molecule has 0 unspecified atom stereocenters. The zero-order valence-corrected chi connectivity index (χ0v) is 8.19. The minimum atomic E-state index is -0.699. The summed E-state index contributed by atoms with van der Waals surface area (Å²) in [4.78, 5) is 25.9. The maximum atomic E-state index is 11.3. The van der Waals surface area contributed by atoms with E-state index in [-0.39, 0.29) is 6.61 Å². The third-order valence-electron chi connectivity index (χ3n) is 1.48. The minimum absolute atomic E-state index is 0.245. The smallest absolute Gasteiger partial charge is 0.426 e. The molecule has 0 aliphatic rings. The van der Waals surface area contributed by atoms with Gasteiger partial charge in [-0.25, -0.2) is 10.2 Å². The van der Waals surface area contributed by atoms with Crippen LogP contribution in [0.5, 0.6) is 0 Å². The van der Waals surface area contributed by atoms with Crippen LogP contribution in [0, 0.1) is 0 Å². The number of ether oxygens (including phenoxy) is 1. The van der Waals surface area contributed by atoms with Crippen LogP contribution < -0.4 is 10.9 Å². The van der Waals surface area contributed by atoms with Gasteiger partial charge >= 0.3 is 6.09 Å². The van der Waals surface area contributed by atoms with Crippen molar-refractivity contribution in [3.05, 3.63) is 30.1 Å². The number of rotatable bonds is 2. The second kappa shape index (κ2) is 5.58. The Morgan fingerprint density at radius 3 is 2.87 bits per heavy atom. The fourth-order valence-electron chi connectivity index (χ4n) is 0.844. The molecule has 0 saturated heterocycles. The molecule has 0 radical (unpaired) electrons. The van der Waals surface area contributed by atoms with Gasteiger partial charge in [-0.2, -0.15) is 0 Å². The summed E-state index contributed by atoms with van der Waals surface area (Å²) in [5, 5.41) is 0. The molecular formula is C9H11N3O3. The van der Waals surface area contributed by atoms with Gasteiger partial charge in [-0.3, -0.25) is 15.2 Å². The molecule has 1 aromatic rings. The Morgan fingerprint density at radius 2 is 2.27 bits per heavy atom. The standard InChI is InChI=1S/C9H11N3O3/c1-2-15-9(14)12-11-8(13)7-4-3-5-10-6-7/h3-6H,2H2,1H3,(H,11,13)(H,12,14). The van der Waals surface area contributed by atoms with E-state index in [1.807, 2.05) is 0 Å². The molecule has 0 aliphatic carbocycles. The van der Waals surface area contributed by atoms with Crippen molar-refractivity contribution in [1.29, 1.82) is 0 Å². The summed E-state index contributed by atoms with van der Waals surface area (Å²) in [5.74, 6) is -0.448. The molecular weight excluding hydrogens is 198 g/mol. The number of hydrogen-bond acceptors (Lipinski definition) is 4. The number of nitrogens with one attached hydrogen (secondary N) is 2. The summed E-state index contributed by atoms with van der Waals surface area (Å²) in [6.07, 6.45) is 2.24. The minimum Gasteiger partial charge on any atom is -0.449 e. The first-order valence-electron chi connectivity index (χ1n) is 4.37. The fraction of sp³-hybridized carbons (Fsp3) is 0.222. The van der Waals surface area contributed by atoms with Crippen molar-refractivity contribution in [1.82, 2.24) is 15.8 Å². The molecule has 0 aromatic carbocycles. The van der Waals surface area contributed by atoms with Crippen LogP contribution in [0.3, 0.4) is 0 Å². The average Bonchev–Trinajstić information content (AvgIpc) is 2.27. The number of hydrazine groups is 1. The van der Waals surface area contributed by atoms with E-state index in [2.05, 4.69) is 20.6 Å². The lowest BCUT2D eigenvalue weighted by Gasteiger charge is -2.06. The van der Waals surface area contributed by atoms with Crippen molar-refractivity contribution in [3.63, 3.8) is 0 Å². The van der Waals surface area contributed by atoms with Crippen LogP contribution in [0.2, 0.25) is 0 Å². The molecule has 2 amide bonds. The number of pyridine rings is 1. The van der Waals surface area contributed by atoms with E-state index >= 15 is 0 Å². The van der Waals surface area contributed by atoms with E-state index in [1.54, 1.807) is 25.3 Å². The first-order chi connectivity index (χ1) is 7.24. The van der Waals surface area contributed by atoms with Crippen molar-refractivity contribution >= 4 is 12.0 Å². The van der Waals surface area contributed by atoms with Crippen molar-refractivity contribution in [2.75, 3.05) is 6.61 Å². The molecule has 1 rings (SSSR count).